The predicted molar refractivity (Wildman–Crippen MR) is 109 cm³/mol. The van der Waals surface area contributed by atoms with Crippen molar-refractivity contribution < 1.29 is 19.1 Å². The molecule has 0 aliphatic carbocycles. The van der Waals surface area contributed by atoms with Gasteiger partial charge in [-0.05, 0) is 43.7 Å². The summed E-state index contributed by atoms with van der Waals surface area (Å²) in [4.78, 5) is 27.3. The fraction of sp³-hybridized carbons (Fsp3) is 0.238. The highest BCUT2D eigenvalue weighted by molar-refractivity contribution is 6.37. The summed E-state index contributed by atoms with van der Waals surface area (Å²) in [5.74, 6) is 0.373. The van der Waals surface area contributed by atoms with Gasteiger partial charge in [0.2, 0.25) is 0 Å². The van der Waals surface area contributed by atoms with Crippen LogP contribution in [0.2, 0.25) is 5.02 Å². The molecular weight excluding hydrogens is 380 g/mol. The molecular formula is C21H21ClN2O4. The van der Waals surface area contributed by atoms with E-state index in [1.807, 2.05) is 0 Å². The Bertz CT molecular complexity index is 951. The molecule has 2 amide bonds. The molecule has 0 unspecified atom stereocenters. The highest BCUT2D eigenvalue weighted by atomic mass is 35.5. The Labute approximate surface area is 168 Å². The number of benzene rings is 2. The molecule has 0 bridgehead atoms. The first-order valence-corrected chi connectivity index (χ1v) is 9.12. The molecule has 146 valence electrons. The number of nitrogens with one attached hydrogen (secondary N) is 1. The second-order valence-electron chi connectivity index (χ2n) is 6.52. The molecule has 0 aromatic heterocycles. The van der Waals surface area contributed by atoms with E-state index >= 15 is 0 Å². The minimum Gasteiger partial charge on any atom is -0.497 e. The van der Waals surface area contributed by atoms with E-state index in [2.05, 4.69) is 5.32 Å². The van der Waals surface area contributed by atoms with Crippen molar-refractivity contribution in [3.05, 3.63) is 58.7 Å². The molecule has 0 saturated carbocycles. The molecule has 28 heavy (non-hydrogen) atoms. The molecule has 1 heterocycles. The van der Waals surface area contributed by atoms with Crippen molar-refractivity contribution in [1.29, 1.82) is 0 Å². The maximum Gasteiger partial charge on any atom is 0.278 e. The number of methoxy groups -OCH3 is 2. The second-order valence-corrected chi connectivity index (χ2v) is 6.96. The summed E-state index contributed by atoms with van der Waals surface area (Å²) in [6, 6.07) is 11.7. The van der Waals surface area contributed by atoms with Crippen LogP contribution in [0.4, 0.5) is 5.69 Å². The Morgan fingerprint density at radius 2 is 1.64 bits per heavy atom. The molecule has 0 radical (unpaired) electrons. The summed E-state index contributed by atoms with van der Waals surface area (Å²) in [7, 11) is 3.08. The van der Waals surface area contributed by atoms with Crippen molar-refractivity contribution in [3.63, 3.8) is 0 Å². The Balaban J connectivity index is 2.11. The fourth-order valence-electron chi connectivity index (χ4n) is 3.05. The van der Waals surface area contributed by atoms with Crippen LogP contribution in [0, 0.1) is 0 Å². The van der Waals surface area contributed by atoms with Gasteiger partial charge in [0.1, 0.15) is 17.2 Å². The zero-order valence-corrected chi connectivity index (χ0v) is 16.8. The van der Waals surface area contributed by atoms with Crippen LogP contribution < -0.4 is 14.8 Å². The molecule has 1 N–H and O–H groups in total. The van der Waals surface area contributed by atoms with Crippen molar-refractivity contribution in [3.8, 4) is 11.5 Å². The van der Waals surface area contributed by atoms with Crippen molar-refractivity contribution in [2.75, 3.05) is 19.5 Å². The normalized spacial score (nSPS) is 14.1. The van der Waals surface area contributed by atoms with Gasteiger partial charge in [-0.25, -0.2) is 0 Å². The van der Waals surface area contributed by atoms with Crippen LogP contribution in [-0.4, -0.2) is 37.0 Å². The van der Waals surface area contributed by atoms with E-state index in [0.717, 1.165) is 0 Å². The quantitative estimate of drug-likeness (QED) is 0.743. The minimum absolute atomic E-state index is 0.199. The third kappa shape index (κ3) is 3.55. The van der Waals surface area contributed by atoms with Crippen LogP contribution in [0.15, 0.2) is 48.2 Å². The first-order chi connectivity index (χ1) is 13.4. The van der Waals surface area contributed by atoms with Gasteiger partial charge in [0, 0.05) is 17.1 Å². The van der Waals surface area contributed by atoms with Crippen LogP contribution in [0.5, 0.6) is 11.5 Å². The average molecular weight is 401 g/mol. The maximum absolute atomic E-state index is 13.0. The topological polar surface area (TPSA) is 67.9 Å². The van der Waals surface area contributed by atoms with Gasteiger partial charge in [-0.1, -0.05) is 23.7 Å². The standard InChI is InChI=1S/C21H21ClN2O4/c1-12(2)24-20(25)18(13-5-7-14(22)8-6-13)19(21(24)26)23-16-10-9-15(27-3)11-17(16)28-4/h5-12,23H,1-4H3. The molecule has 1 aliphatic heterocycles. The molecule has 3 rings (SSSR count). The van der Waals surface area contributed by atoms with E-state index in [0.29, 0.717) is 33.3 Å². The van der Waals surface area contributed by atoms with E-state index in [1.165, 1.54) is 12.0 Å². The number of ether oxygens (including phenoxy) is 2. The lowest BCUT2D eigenvalue weighted by atomic mass is 10.0. The predicted octanol–water partition coefficient (Wildman–Crippen LogP) is 3.96. The Morgan fingerprint density at radius 3 is 2.21 bits per heavy atom. The number of carbonyl (C=O) groups excluding carboxylic acids is 2. The molecule has 6 nitrogen and oxygen atoms in total. The fourth-order valence-corrected chi connectivity index (χ4v) is 3.18. The molecule has 2 aromatic rings. The number of anilines is 1. The summed E-state index contributed by atoms with van der Waals surface area (Å²) >= 11 is 5.97. The van der Waals surface area contributed by atoms with E-state index < -0.39 is 0 Å². The zero-order chi connectivity index (χ0) is 20.4. The van der Waals surface area contributed by atoms with E-state index in [4.69, 9.17) is 21.1 Å². The average Bonchev–Trinajstić information content (AvgIpc) is 2.92. The summed E-state index contributed by atoms with van der Waals surface area (Å²) in [5, 5.41) is 3.64. The van der Waals surface area contributed by atoms with Crippen LogP contribution in [0.1, 0.15) is 19.4 Å². The van der Waals surface area contributed by atoms with E-state index in [1.54, 1.807) is 63.4 Å². The molecule has 0 fully saturated rings. The SMILES string of the molecule is COc1ccc(NC2=C(c3ccc(Cl)cc3)C(=O)N(C(C)C)C2=O)c(OC)c1. The first kappa shape index (κ1) is 19.8. The lowest BCUT2D eigenvalue weighted by Crippen LogP contribution is -2.38. The molecule has 1 aliphatic rings. The van der Waals surface area contributed by atoms with Crippen LogP contribution in [-0.2, 0) is 9.59 Å². The number of nitrogens with zero attached hydrogens (tertiary/aromatic N) is 1. The number of rotatable bonds is 6. The van der Waals surface area contributed by atoms with E-state index in [9.17, 15) is 9.59 Å². The number of halogens is 1. The lowest BCUT2D eigenvalue weighted by Gasteiger charge is -2.19. The van der Waals surface area contributed by atoms with Gasteiger partial charge in [0.05, 0.1) is 25.5 Å². The van der Waals surface area contributed by atoms with Crippen molar-refractivity contribution in [2.24, 2.45) is 0 Å². The van der Waals surface area contributed by atoms with Crippen molar-refractivity contribution in [2.45, 2.75) is 19.9 Å². The molecule has 2 aromatic carbocycles. The maximum atomic E-state index is 13.0. The smallest absolute Gasteiger partial charge is 0.278 e. The number of carbonyl (C=O) groups is 2. The minimum atomic E-state index is -0.386. The van der Waals surface area contributed by atoms with Crippen LogP contribution >= 0.6 is 11.6 Å². The van der Waals surface area contributed by atoms with Gasteiger partial charge >= 0.3 is 0 Å². The molecule has 0 saturated heterocycles. The van der Waals surface area contributed by atoms with Gasteiger partial charge in [-0.15, -0.1) is 0 Å². The Hall–Kier alpha value is -2.99. The van der Waals surface area contributed by atoms with Gasteiger partial charge in [0.15, 0.2) is 0 Å². The summed E-state index contributed by atoms with van der Waals surface area (Å²) in [6.45, 7) is 3.60. The molecule has 0 atom stereocenters. The largest absolute Gasteiger partial charge is 0.497 e. The Kier molecular flexibility index (Phi) is 5.61. The second kappa shape index (κ2) is 7.94. The van der Waals surface area contributed by atoms with Gasteiger partial charge < -0.3 is 14.8 Å². The number of amides is 2. The van der Waals surface area contributed by atoms with Crippen molar-refractivity contribution in [1.82, 2.24) is 4.90 Å². The summed E-state index contributed by atoms with van der Waals surface area (Å²) in [6.07, 6.45) is 0. The van der Waals surface area contributed by atoms with Crippen LogP contribution in [0.3, 0.4) is 0 Å². The Morgan fingerprint density at radius 1 is 0.964 bits per heavy atom. The number of hydrogen-bond donors (Lipinski definition) is 1. The molecule has 7 heteroatoms. The van der Waals surface area contributed by atoms with Gasteiger partial charge in [-0.3, -0.25) is 14.5 Å². The molecule has 0 spiro atoms. The lowest BCUT2D eigenvalue weighted by molar-refractivity contribution is -0.138. The van der Waals surface area contributed by atoms with Gasteiger partial charge in [-0.2, -0.15) is 0 Å². The first-order valence-electron chi connectivity index (χ1n) is 8.74. The third-order valence-electron chi connectivity index (χ3n) is 4.43. The van der Waals surface area contributed by atoms with Crippen LogP contribution in [0.25, 0.3) is 5.57 Å². The number of hydrogen-bond acceptors (Lipinski definition) is 5. The summed E-state index contributed by atoms with van der Waals surface area (Å²) < 4.78 is 10.6. The summed E-state index contributed by atoms with van der Waals surface area (Å²) in [5.41, 5.74) is 1.66. The van der Waals surface area contributed by atoms with E-state index in [-0.39, 0.29) is 23.6 Å². The van der Waals surface area contributed by atoms with Crippen molar-refractivity contribution >= 4 is 34.7 Å². The highest BCUT2D eigenvalue weighted by Gasteiger charge is 2.40. The van der Waals surface area contributed by atoms with Gasteiger partial charge in [0.25, 0.3) is 11.8 Å². The monoisotopic (exact) mass is 400 g/mol. The third-order valence-corrected chi connectivity index (χ3v) is 4.68. The highest BCUT2D eigenvalue weighted by Crippen LogP contribution is 2.35. The number of imide groups is 1. The zero-order valence-electron chi connectivity index (χ0n) is 16.1.